The molecule has 0 aromatic heterocycles. The smallest absolute Gasteiger partial charge is 0.357 e. The normalized spacial score (nSPS) is 30.4. The highest BCUT2D eigenvalue weighted by molar-refractivity contribution is 5.92. The van der Waals surface area contributed by atoms with Gasteiger partial charge in [-0.3, -0.25) is 4.99 Å². The van der Waals surface area contributed by atoms with E-state index in [1.807, 2.05) is 32.2 Å². The Morgan fingerprint density at radius 1 is 1.18 bits per heavy atom. The molecule has 0 radical (unpaired) electrons. The van der Waals surface area contributed by atoms with Crippen molar-refractivity contribution < 1.29 is 13.9 Å². The Bertz CT molecular complexity index is 1140. The van der Waals surface area contributed by atoms with Crippen LogP contribution in [-0.2, 0) is 9.53 Å². The largest absolute Gasteiger partial charge is 0.446 e. The molecular weight excluding hydrogens is 427 g/mol. The Morgan fingerprint density at radius 2 is 2.00 bits per heavy atom. The van der Waals surface area contributed by atoms with Gasteiger partial charge in [0, 0.05) is 24.0 Å². The van der Waals surface area contributed by atoms with Crippen LogP contribution in [0, 0.1) is 40.9 Å². The molecule has 5 unspecified atom stereocenters. The van der Waals surface area contributed by atoms with E-state index < -0.39 is 5.97 Å². The van der Waals surface area contributed by atoms with Crippen molar-refractivity contribution >= 4 is 12.2 Å². The van der Waals surface area contributed by atoms with E-state index in [0.717, 1.165) is 24.0 Å². The summed E-state index contributed by atoms with van der Waals surface area (Å²) in [5, 5.41) is 8.74. The fourth-order valence-electron chi connectivity index (χ4n) is 5.58. The number of halogens is 1. The zero-order valence-corrected chi connectivity index (χ0v) is 20.0. The first kappa shape index (κ1) is 23.9. The summed E-state index contributed by atoms with van der Waals surface area (Å²) in [5.74, 6) is 0.252. The number of ether oxygens (including phenoxy) is 1. The second-order valence-corrected chi connectivity index (χ2v) is 9.42. The van der Waals surface area contributed by atoms with Gasteiger partial charge in [-0.2, -0.15) is 5.26 Å². The summed E-state index contributed by atoms with van der Waals surface area (Å²) in [7, 11) is 0. The molecule has 0 amide bonds. The molecule has 0 fully saturated rings. The molecule has 1 heterocycles. The molecule has 0 saturated heterocycles. The van der Waals surface area contributed by atoms with E-state index >= 15 is 0 Å². The van der Waals surface area contributed by atoms with Gasteiger partial charge in [0.25, 0.3) is 0 Å². The molecule has 0 spiro atoms. The number of allylic oxidation sites excluding steroid dienone is 13. The minimum Gasteiger partial charge on any atom is -0.446 e. The van der Waals surface area contributed by atoms with E-state index in [4.69, 9.17) is 10.00 Å². The molecule has 4 aliphatic rings. The highest BCUT2D eigenvalue weighted by Crippen LogP contribution is 2.45. The molecule has 3 aliphatic carbocycles. The zero-order chi connectivity index (χ0) is 24.2. The summed E-state index contributed by atoms with van der Waals surface area (Å²) in [6.45, 7) is 5.74. The van der Waals surface area contributed by atoms with Gasteiger partial charge in [-0.05, 0) is 67.7 Å². The number of nitrogens with zero attached hydrogens (tertiary/aromatic N) is 2. The van der Waals surface area contributed by atoms with Crippen LogP contribution in [0.5, 0.6) is 0 Å². The van der Waals surface area contributed by atoms with Crippen molar-refractivity contribution in [2.45, 2.75) is 40.0 Å². The lowest BCUT2D eigenvalue weighted by Gasteiger charge is -2.36. The lowest BCUT2D eigenvalue weighted by atomic mass is 9.69. The first-order chi connectivity index (χ1) is 16.4. The molecule has 5 atom stereocenters. The molecule has 0 aromatic rings. The standard InChI is InChI=1S/C29H31FN2O2/c1-4-20-7-5-6-8-24(27(20)22-11-12-26(30)18(2)15-22)21-9-10-23-17-32-28(19(3)25(23)16-21)29(33)34-14-13-31/h5-12,17,20-23,25H,4,14-16H2,1-3H3. The molecule has 1 aliphatic heterocycles. The zero-order valence-electron chi connectivity index (χ0n) is 20.0. The second-order valence-electron chi connectivity index (χ2n) is 9.42. The lowest BCUT2D eigenvalue weighted by Crippen LogP contribution is -2.29. The monoisotopic (exact) mass is 458 g/mol. The number of fused-ring (bicyclic) bond motifs is 1. The number of carbonyl (C=O) groups is 1. The number of rotatable bonds is 5. The molecule has 0 aromatic carbocycles. The van der Waals surface area contributed by atoms with Gasteiger partial charge in [-0.1, -0.05) is 55.0 Å². The minimum atomic E-state index is -0.541. The van der Waals surface area contributed by atoms with Crippen LogP contribution in [0.2, 0.25) is 0 Å². The molecule has 176 valence electrons. The molecular formula is C29H31FN2O2. The van der Waals surface area contributed by atoms with E-state index in [2.05, 4.69) is 48.4 Å². The summed E-state index contributed by atoms with van der Waals surface area (Å²) in [4.78, 5) is 16.8. The average Bonchev–Trinajstić information content (AvgIpc) is 3.07. The van der Waals surface area contributed by atoms with Crippen molar-refractivity contribution in [3.63, 3.8) is 0 Å². The van der Waals surface area contributed by atoms with Gasteiger partial charge in [0.1, 0.15) is 17.6 Å². The summed E-state index contributed by atoms with van der Waals surface area (Å²) in [6, 6.07) is 1.84. The fraction of sp³-hybridized carbons (Fsp3) is 0.414. The number of esters is 1. The topological polar surface area (TPSA) is 62.4 Å². The van der Waals surface area contributed by atoms with Crippen molar-refractivity contribution in [1.82, 2.24) is 0 Å². The van der Waals surface area contributed by atoms with Crippen LogP contribution < -0.4 is 0 Å². The van der Waals surface area contributed by atoms with Gasteiger partial charge in [-0.25, -0.2) is 9.18 Å². The van der Waals surface area contributed by atoms with E-state index in [1.54, 1.807) is 6.08 Å². The fourth-order valence-corrected chi connectivity index (χ4v) is 5.58. The Hall–Kier alpha value is -3.26. The van der Waals surface area contributed by atoms with Crippen LogP contribution in [0.3, 0.4) is 0 Å². The second kappa shape index (κ2) is 10.3. The third-order valence-corrected chi connectivity index (χ3v) is 7.42. The summed E-state index contributed by atoms with van der Waals surface area (Å²) >= 11 is 0. The number of aliphatic imine (C=N–C) groups is 1. The number of hydrogen-bond acceptors (Lipinski definition) is 4. The van der Waals surface area contributed by atoms with Gasteiger partial charge < -0.3 is 4.74 Å². The third kappa shape index (κ3) is 4.68. The van der Waals surface area contributed by atoms with Crippen molar-refractivity contribution in [3.05, 3.63) is 82.4 Å². The Balaban J connectivity index is 1.70. The van der Waals surface area contributed by atoms with Crippen LogP contribution in [0.15, 0.2) is 87.4 Å². The van der Waals surface area contributed by atoms with Crippen LogP contribution >= 0.6 is 0 Å². The number of hydrogen-bond donors (Lipinski definition) is 0. The molecule has 34 heavy (non-hydrogen) atoms. The minimum absolute atomic E-state index is 0.121. The van der Waals surface area contributed by atoms with Crippen LogP contribution in [0.4, 0.5) is 4.39 Å². The molecule has 4 rings (SSSR count). The van der Waals surface area contributed by atoms with Gasteiger partial charge in [0.2, 0.25) is 0 Å². The Kier molecular flexibility index (Phi) is 7.26. The Labute approximate surface area is 201 Å². The van der Waals surface area contributed by atoms with Crippen molar-refractivity contribution in [2.24, 2.45) is 34.6 Å². The van der Waals surface area contributed by atoms with Gasteiger partial charge in [-0.15, -0.1) is 0 Å². The molecule has 5 heteroatoms. The predicted molar refractivity (Wildman–Crippen MR) is 132 cm³/mol. The quantitative estimate of drug-likeness (QED) is 0.349. The maximum Gasteiger partial charge on any atom is 0.357 e. The summed E-state index contributed by atoms with van der Waals surface area (Å²) in [5.41, 5.74) is 4.68. The summed E-state index contributed by atoms with van der Waals surface area (Å²) < 4.78 is 19.1. The van der Waals surface area contributed by atoms with E-state index in [0.29, 0.717) is 18.0 Å². The van der Waals surface area contributed by atoms with Crippen molar-refractivity contribution in [2.75, 3.05) is 6.61 Å². The van der Waals surface area contributed by atoms with Crippen molar-refractivity contribution in [1.29, 1.82) is 5.26 Å². The van der Waals surface area contributed by atoms with Crippen molar-refractivity contribution in [3.8, 4) is 6.07 Å². The van der Waals surface area contributed by atoms with E-state index in [1.165, 1.54) is 11.1 Å². The number of carbonyl (C=O) groups excluding carboxylic acids is 1. The molecule has 0 saturated carbocycles. The van der Waals surface area contributed by atoms with Gasteiger partial charge >= 0.3 is 5.97 Å². The third-order valence-electron chi connectivity index (χ3n) is 7.42. The SMILES string of the molecule is CCC1C=CC=CC(C2C=CC3C=NC(C(=O)OCC#N)=C(C)C3C2)=C1C1C=CC(F)=C(C)C1. The maximum absolute atomic E-state index is 14.1. The molecule has 4 nitrogen and oxygen atoms in total. The van der Waals surface area contributed by atoms with Gasteiger partial charge in [0.15, 0.2) is 6.61 Å². The number of nitriles is 1. The highest BCUT2D eigenvalue weighted by atomic mass is 19.1. The first-order valence-corrected chi connectivity index (χ1v) is 12.0. The Morgan fingerprint density at radius 3 is 2.74 bits per heavy atom. The van der Waals surface area contributed by atoms with Crippen LogP contribution in [0.25, 0.3) is 0 Å². The van der Waals surface area contributed by atoms with Gasteiger partial charge in [0.05, 0.1) is 0 Å². The van der Waals surface area contributed by atoms with E-state index in [9.17, 15) is 9.18 Å². The van der Waals surface area contributed by atoms with Crippen LogP contribution in [0.1, 0.15) is 40.0 Å². The maximum atomic E-state index is 14.1. The molecule has 0 N–H and O–H groups in total. The summed E-state index contributed by atoms with van der Waals surface area (Å²) in [6.07, 6.45) is 21.2. The predicted octanol–water partition coefficient (Wildman–Crippen LogP) is 6.49. The van der Waals surface area contributed by atoms with Crippen LogP contribution in [-0.4, -0.2) is 18.8 Å². The average molecular weight is 459 g/mol. The van der Waals surface area contributed by atoms with E-state index in [-0.39, 0.29) is 36.1 Å². The highest BCUT2D eigenvalue weighted by Gasteiger charge is 2.35. The first-order valence-electron chi connectivity index (χ1n) is 12.0. The lowest BCUT2D eigenvalue weighted by molar-refractivity contribution is -0.137. The molecule has 0 bridgehead atoms.